The molecule has 0 heterocycles. The zero-order chi connectivity index (χ0) is 15.6. The Morgan fingerprint density at radius 2 is 1.86 bits per heavy atom. The molecule has 21 heavy (non-hydrogen) atoms. The Kier molecular flexibility index (Phi) is 4.58. The molecule has 2 nitrogen and oxygen atoms in total. The molecule has 0 spiro atoms. The van der Waals surface area contributed by atoms with Gasteiger partial charge in [-0.2, -0.15) is 13.2 Å². The van der Waals surface area contributed by atoms with Crippen LogP contribution in [0.25, 0.3) is 0 Å². The van der Waals surface area contributed by atoms with Gasteiger partial charge in [-0.15, -0.1) is 0 Å². The zero-order valence-corrected chi connectivity index (χ0v) is 12.2. The summed E-state index contributed by atoms with van der Waals surface area (Å²) in [5.74, 6) is -0.0481. The van der Waals surface area contributed by atoms with E-state index in [1.165, 1.54) is 24.3 Å². The predicted octanol–water partition coefficient (Wildman–Crippen LogP) is 4.25. The first-order chi connectivity index (χ1) is 9.77. The molecule has 0 aliphatic heterocycles. The molecule has 2 aromatic carbocycles. The first kappa shape index (κ1) is 15.9. The van der Waals surface area contributed by atoms with Gasteiger partial charge in [0.25, 0.3) is 0 Å². The third-order valence-corrected chi connectivity index (χ3v) is 4.62. The van der Waals surface area contributed by atoms with E-state index in [2.05, 4.69) is 0 Å². The number of nitrogens with two attached hydrogens (primary N) is 1. The highest BCUT2D eigenvalue weighted by atomic mass is 35.5. The van der Waals surface area contributed by atoms with Gasteiger partial charge in [-0.05, 0) is 29.8 Å². The number of halogens is 4. The lowest BCUT2D eigenvalue weighted by Crippen LogP contribution is -2.06. The third-order valence-electron chi connectivity index (χ3n) is 2.75. The largest absolute Gasteiger partial charge is 0.416 e. The van der Waals surface area contributed by atoms with Crippen LogP contribution in [0.2, 0.25) is 5.02 Å². The van der Waals surface area contributed by atoms with Gasteiger partial charge >= 0.3 is 6.18 Å². The maximum atomic E-state index is 12.6. The monoisotopic (exact) mass is 333 g/mol. The minimum Gasteiger partial charge on any atom is -0.399 e. The highest BCUT2D eigenvalue weighted by Gasteiger charge is 2.30. The molecular formula is C14H11ClF3NOS. The van der Waals surface area contributed by atoms with Gasteiger partial charge in [-0.25, -0.2) is 0 Å². The maximum Gasteiger partial charge on any atom is 0.416 e. The molecule has 0 saturated carbocycles. The Morgan fingerprint density at radius 3 is 2.48 bits per heavy atom. The normalized spacial score (nSPS) is 13.1. The highest BCUT2D eigenvalue weighted by molar-refractivity contribution is 7.84. The Labute approximate surface area is 127 Å². The van der Waals surface area contributed by atoms with Crippen LogP contribution in [0, 0.1) is 0 Å². The Balaban J connectivity index is 2.24. The summed E-state index contributed by atoms with van der Waals surface area (Å²) in [4.78, 5) is 0.350. The van der Waals surface area contributed by atoms with Crippen LogP contribution >= 0.6 is 11.6 Å². The van der Waals surface area contributed by atoms with Crippen LogP contribution in [0.4, 0.5) is 18.9 Å². The minimum absolute atomic E-state index is 0.0481. The molecule has 0 aliphatic rings. The third kappa shape index (κ3) is 3.98. The molecule has 2 rings (SSSR count). The van der Waals surface area contributed by atoms with E-state index in [1.807, 2.05) is 0 Å². The van der Waals surface area contributed by atoms with Gasteiger partial charge in [-0.1, -0.05) is 29.8 Å². The molecule has 0 aromatic heterocycles. The maximum absolute atomic E-state index is 12.6. The molecule has 112 valence electrons. The van der Waals surface area contributed by atoms with Crippen molar-refractivity contribution in [1.82, 2.24) is 0 Å². The van der Waals surface area contributed by atoms with Gasteiger partial charge < -0.3 is 5.73 Å². The van der Waals surface area contributed by atoms with Crippen LogP contribution in [-0.2, 0) is 22.7 Å². The molecule has 0 aliphatic carbocycles. The van der Waals surface area contributed by atoms with Crippen molar-refractivity contribution in [3.05, 3.63) is 58.6 Å². The van der Waals surface area contributed by atoms with Gasteiger partial charge in [0, 0.05) is 5.69 Å². The highest BCUT2D eigenvalue weighted by Crippen LogP contribution is 2.30. The fraction of sp³-hybridized carbons (Fsp3) is 0.143. The SMILES string of the molecule is Nc1ccc(S(=O)Cc2cccc(C(F)(F)F)c2)c(Cl)c1. The van der Waals surface area contributed by atoms with Crippen LogP contribution < -0.4 is 5.73 Å². The lowest BCUT2D eigenvalue weighted by molar-refractivity contribution is -0.137. The number of anilines is 1. The summed E-state index contributed by atoms with van der Waals surface area (Å²) in [6, 6.07) is 9.28. The summed E-state index contributed by atoms with van der Waals surface area (Å²) in [6.07, 6.45) is -4.42. The Morgan fingerprint density at radius 1 is 1.14 bits per heavy atom. The molecule has 0 bridgehead atoms. The van der Waals surface area contributed by atoms with Crippen LogP contribution in [0.3, 0.4) is 0 Å². The summed E-state index contributed by atoms with van der Waals surface area (Å²) < 4.78 is 50.1. The molecule has 0 amide bonds. The minimum atomic E-state index is -4.42. The molecular weight excluding hydrogens is 323 g/mol. The topological polar surface area (TPSA) is 43.1 Å². The van der Waals surface area contributed by atoms with Gasteiger partial charge in [-0.3, -0.25) is 4.21 Å². The van der Waals surface area contributed by atoms with E-state index in [0.29, 0.717) is 16.1 Å². The number of nitrogen functional groups attached to an aromatic ring is 1. The second-order valence-electron chi connectivity index (χ2n) is 4.38. The van der Waals surface area contributed by atoms with Crippen molar-refractivity contribution in [1.29, 1.82) is 0 Å². The molecule has 0 saturated heterocycles. The average molecular weight is 334 g/mol. The van der Waals surface area contributed by atoms with Crippen LogP contribution in [0.15, 0.2) is 47.4 Å². The first-order valence-corrected chi connectivity index (χ1v) is 7.56. The van der Waals surface area contributed by atoms with Gasteiger partial charge in [0.15, 0.2) is 0 Å². The molecule has 7 heteroatoms. The van der Waals surface area contributed by atoms with Crippen LogP contribution in [-0.4, -0.2) is 4.21 Å². The van der Waals surface area contributed by atoms with E-state index in [0.717, 1.165) is 12.1 Å². The zero-order valence-electron chi connectivity index (χ0n) is 10.7. The van der Waals surface area contributed by atoms with Crippen molar-refractivity contribution >= 4 is 28.1 Å². The lowest BCUT2D eigenvalue weighted by atomic mass is 10.1. The van der Waals surface area contributed by atoms with E-state index in [9.17, 15) is 17.4 Å². The number of hydrogen-bond acceptors (Lipinski definition) is 2. The fourth-order valence-corrected chi connectivity index (χ4v) is 3.35. The molecule has 0 fully saturated rings. The molecule has 1 unspecified atom stereocenters. The summed E-state index contributed by atoms with van der Waals surface area (Å²) in [7, 11) is -1.54. The van der Waals surface area contributed by atoms with Crippen LogP contribution in [0.1, 0.15) is 11.1 Å². The van der Waals surface area contributed by atoms with E-state index in [4.69, 9.17) is 17.3 Å². The van der Waals surface area contributed by atoms with E-state index < -0.39 is 22.5 Å². The summed E-state index contributed by atoms with van der Waals surface area (Å²) >= 11 is 5.94. The van der Waals surface area contributed by atoms with Crippen molar-refractivity contribution in [2.24, 2.45) is 0 Å². The molecule has 2 N–H and O–H groups in total. The number of benzene rings is 2. The second kappa shape index (κ2) is 6.07. The van der Waals surface area contributed by atoms with Crippen molar-refractivity contribution in [3.8, 4) is 0 Å². The fourth-order valence-electron chi connectivity index (χ4n) is 1.77. The van der Waals surface area contributed by atoms with Crippen molar-refractivity contribution in [2.45, 2.75) is 16.8 Å². The summed E-state index contributed by atoms with van der Waals surface area (Å²) in [6.45, 7) is 0. The summed E-state index contributed by atoms with van der Waals surface area (Å²) in [5.41, 5.74) is 5.54. The summed E-state index contributed by atoms with van der Waals surface area (Å²) in [5, 5.41) is 0.236. The van der Waals surface area contributed by atoms with Crippen molar-refractivity contribution in [3.63, 3.8) is 0 Å². The average Bonchev–Trinajstić information content (AvgIpc) is 2.37. The predicted molar refractivity (Wildman–Crippen MR) is 77.4 cm³/mol. The molecule has 1 atom stereocenters. The second-order valence-corrected chi connectivity index (χ2v) is 6.20. The first-order valence-electron chi connectivity index (χ1n) is 5.87. The van der Waals surface area contributed by atoms with E-state index in [-0.39, 0.29) is 10.8 Å². The smallest absolute Gasteiger partial charge is 0.399 e. The van der Waals surface area contributed by atoms with Gasteiger partial charge in [0.1, 0.15) is 0 Å². The molecule has 0 radical (unpaired) electrons. The van der Waals surface area contributed by atoms with Crippen molar-refractivity contribution in [2.75, 3.05) is 5.73 Å². The standard InChI is InChI=1S/C14H11ClF3NOS/c15-12-7-11(19)4-5-13(12)21(20)8-9-2-1-3-10(6-9)14(16,17)18/h1-7H,8,19H2. The number of alkyl halides is 3. The number of hydrogen-bond donors (Lipinski definition) is 1. The quantitative estimate of drug-likeness (QED) is 0.853. The van der Waals surface area contributed by atoms with Gasteiger partial charge in [0.2, 0.25) is 0 Å². The van der Waals surface area contributed by atoms with E-state index >= 15 is 0 Å². The lowest BCUT2D eigenvalue weighted by Gasteiger charge is -2.09. The van der Waals surface area contributed by atoms with Crippen molar-refractivity contribution < 1.29 is 17.4 Å². The Hall–Kier alpha value is -1.53. The van der Waals surface area contributed by atoms with E-state index in [1.54, 1.807) is 6.07 Å². The number of rotatable bonds is 3. The Bertz CT molecular complexity index is 688. The van der Waals surface area contributed by atoms with Gasteiger partial charge in [0.05, 0.1) is 32.0 Å². The van der Waals surface area contributed by atoms with Crippen LogP contribution in [0.5, 0.6) is 0 Å². The molecule has 2 aromatic rings.